The normalized spacial score (nSPS) is 10.0. The van der Waals surface area contributed by atoms with E-state index >= 15 is 0 Å². The summed E-state index contributed by atoms with van der Waals surface area (Å²) in [4.78, 5) is 12.1. The van der Waals surface area contributed by atoms with E-state index in [-0.39, 0.29) is 5.91 Å². The summed E-state index contributed by atoms with van der Waals surface area (Å²) < 4.78 is 5.90. The molecule has 1 amide bonds. The quantitative estimate of drug-likeness (QED) is 0.708. The molecule has 0 saturated carbocycles. The van der Waals surface area contributed by atoms with E-state index in [1.807, 2.05) is 24.3 Å². The van der Waals surface area contributed by atoms with Crippen molar-refractivity contribution in [2.45, 2.75) is 5.75 Å². The van der Waals surface area contributed by atoms with Gasteiger partial charge in [-0.1, -0.05) is 18.2 Å². The van der Waals surface area contributed by atoms with Crippen LogP contribution in [0.3, 0.4) is 0 Å². The first kappa shape index (κ1) is 18.4. The number of halogens is 1. The van der Waals surface area contributed by atoms with Crippen molar-refractivity contribution in [1.82, 2.24) is 5.32 Å². The Bertz CT molecular complexity index is 759. The topological polar surface area (TPSA) is 62.1 Å². The summed E-state index contributed by atoms with van der Waals surface area (Å²) in [6.07, 6.45) is 0. The Morgan fingerprint density at radius 3 is 2.83 bits per heavy atom. The molecule has 2 aromatic rings. The van der Waals surface area contributed by atoms with Gasteiger partial charge in [-0.2, -0.15) is 17.0 Å². The Morgan fingerprint density at radius 2 is 2.12 bits per heavy atom. The van der Waals surface area contributed by atoms with Crippen LogP contribution in [0.25, 0.3) is 0 Å². The first-order valence-electron chi connectivity index (χ1n) is 7.33. The molecule has 2 rings (SSSR count). The number of amides is 1. The summed E-state index contributed by atoms with van der Waals surface area (Å²) in [5.41, 5.74) is 2.31. The van der Waals surface area contributed by atoms with Crippen LogP contribution in [0.1, 0.15) is 21.5 Å². The van der Waals surface area contributed by atoms with Crippen LogP contribution >= 0.6 is 27.7 Å². The minimum Gasteiger partial charge on any atom is -0.496 e. The van der Waals surface area contributed by atoms with Gasteiger partial charge in [0.2, 0.25) is 0 Å². The number of nitrogens with zero attached hydrogens (tertiary/aromatic N) is 1. The highest BCUT2D eigenvalue weighted by Gasteiger charge is 2.08. The van der Waals surface area contributed by atoms with Crippen molar-refractivity contribution in [3.05, 3.63) is 63.6 Å². The smallest absolute Gasteiger partial charge is 0.251 e. The van der Waals surface area contributed by atoms with Crippen molar-refractivity contribution in [2.75, 3.05) is 19.4 Å². The van der Waals surface area contributed by atoms with Crippen molar-refractivity contribution >= 4 is 33.6 Å². The van der Waals surface area contributed by atoms with E-state index in [1.165, 1.54) is 0 Å². The molecule has 0 aromatic heterocycles. The number of carbonyl (C=O) groups is 1. The lowest BCUT2D eigenvalue weighted by Gasteiger charge is -2.08. The van der Waals surface area contributed by atoms with Gasteiger partial charge < -0.3 is 10.1 Å². The zero-order valence-corrected chi connectivity index (χ0v) is 15.6. The van der Waals surface area contributed by atoms with E-state index in [1.54, 1.807) is 37.1 Å². The molecule has 0 fully saturated rings. The Hall–Kier alpha value is -1.97. The van der Waals surface area contributed by atoms with Gasteiger partial charge in [-0.25, -0.2) is 0 Å². The number of carbonyl (C=O) groups excluding carboxylic acids is 1. The monoisotopic (exact) mass is 404 g/mol. The fourth-order valence-electron chi connectivity index (χ4n) is 2.08. The summed E-state index contributed by atoms with van der Waals surface area (Å²) >= 11 is 5.06. The summed E-state index contributed by atoms with van der Waals surface area (Å²) in [5.74, 6) is 2.12. The lowest BCUT2D eigenvalue weighted by molar-refractivity contribution is 0.0956. The molecule has 24 heavy (non-hydrogen) atoms. The van der Waals surface area contributed by atoms with Gasteiger partial charge in [0.25, 0.3) is 5.91 Å². The number of benzene rings is 2. The molecule has 0 bridgehead atoms. The number of thioether (sulfide) groups is 1. The van der Waals surface area contributed by atoms with E-state index in [4.69, 9.17) is 10.00 Å². The third-order valence-electron chi connectivity index (χ3n) is 3.34. The number of nitriles is 1. The standard InChI is InChI=1S/C18H17BrN2O2S/c1-23-17-7-6-13(10-16(17)19)18(22)21-8-9-24-12-15-5-3-2-4-14(15)11-20/h2-7,10H,8-9,12H2,1H3,(H,21,22). The number of hydrogen-bond donors (Lipinski definition) is 1. The van der Waals surface area contributed by atoms with Gasteiger partial charge in [0.15, 0.2) is 0 Å². The molecule has 0 atom stereocenters. The summed E-state index contributed by atoms with van der Waals surface area (Å²) in [6, 6.07) is 15.0. The maximum atomic E-state index is 12.1. The molecule has 0 heterocycles. The molecule has 2 aromatic carbocycles. The van der Waals surface area contributed by atoms with Gasteiger partial charge in [-0.05, 0) is 45.8 Å². The van der Waals surface area contributed by atoms with Crippen molar-refractivity contribution in [1.29, 1.82) is 5.26 Å². The summed E-state index contributed by atoms with van der Waals surface area (Å²) in [7, 11) is 1.58. The van der Waals surface area contributed by atoms with Gasteiger partial charge in [-0.3, -0.25) is 4.79 Å². The fourth-order valence-corrected chi connectivity index (χ4v) is 3.49. The van der Waals surface area contributed by atoms with Gasteiger partial charge in [0.05, 0.1) is 23.2 Å². The second-order valence-electron chi connectivity index (χ2n) is 4.93. The Kier molecular flexibility index (Phi) is 7.16. The Morgan fingerprint density at radius 1 is 1.33 bits per heavy atom. The first-order chi connectivity index (χ1) is 11.7. The van der Waals surface area contributed by atoms with Gasteiger partial charge in [0.1, 0.15) is 5.75 Å². The number of nitrogens with one attached hydrogen (secondary N) is 1. The van der Waals surface area contributed by atoms with E-state index in [9.17, 15) is 4.79 Å². The molecule has 0 spiro atoms. The molecule has 0 radical (unpaired) electrons. The lowest BCUT2D eigenvalue weighted by Crippen LogP contribution is -2.25. The Balaban J connectivity index is 1.77. The summed E-state index contributed by atoms with van der Waals surface area (Å²) in [6.45, 7) is 0.571. The molecule has 124 valence electrons. The molecule has 0 unspecified atom stereocenters. The summed E-state index contributed by atoms with van der Waals surface area (Å²) in [5, 5.41) is 11.9. The predicted octanol–water partition coefficient (Wildman–Crippen LogP) is 3.99. The van der Waals surface area contributed by atoms with Gasteiger partial charge >= 0.3 is 0 Å². The van der Waals surface area contributed by atoms with Crippen molar-refractivity contribution in [3.63, 3.8) is 0 Å². The number of methoxy groups -OCH3 is 1. The highest BCUT2D eigenvalue weighted by molar-refractivity contribution is 9.10. The van der Waals surface area contributed by atoms with Crippen LogP contribution in [-0.2, 0) is 5.75 Å². The van der Waals surface area contributed by atoms with Crippen molar-refractivity contribution in [3.8, 4) is 11.8 Å². The zero-order chi connectivity index (χ0) is 17.4. The van der Waals surface area contributed by atoms with E-state index in [2.05, 4.69) is 27.3 Å². The first-order valence-corrected chi connectivity index (χ1v) is 9.28. The van der Waals surface area contributed by atoms with Crippen LogP contribution in [0, 0.1) is 11.3 Å². The van der Waals surface area contributed by atoms with E-state index in [0.29, 0.717) is 23.4 Å². The fraction of sp³-hybridized carbons (Fsp3) is 0.222. The average Bonchev–Trinajstić information content (AvgIpc) is 2.61. The number of hydrogen-bond acceptors (Lipinski definition) is 4. The second-order valence-corrected chi connectivity index (χ2v) is 6.89. The molecule has 0 saturated heterocycles. The van der Waals surface area contributed by atoms with E-state index in [0.717, 1.165) is 21.5 Å². The molecule has 0 aliphatic carbocycles. The van der Waals surface area contributed by atoms with Crippen LogP contribution in [0.15, 0.2) is 46.9 Å². The van der Waals surface area contributed by atoms with Crippen LogP contribution in [0.2, 0.25) is 0 Å². The highest BCUT2D eigenvalue weighted by Crippen LogP contribution is 2.25. The second kappa shape index (κ2) is 9.36. The Labute approximate surface area is 154 Å². The minimum atomic E-state index is -0.114. The zero-order valence-electron chi connectivity index (χ0n) is 13.2. The molecular weight excluding hydrogens is 388 g/mol. The van der Waals surface area contributed by atoms with Crippen LogP contribution in [-0.4, -0.2) is 25.3 Å². The molecule has 0 aliphatic heterocycles. The van der Waals surface area contributed by atoms with Crippen molar-refractivity contribution < 1.29 is 9.53 Å². The lowest BCUT2D eigenvalue weighted by atomic mass is 10.1. The maximum Gasteiger partial charge on any atom is 0.251 e. The maximum absolute atomic E-state index is 12.1. The molecule has 1 N–H and O–H groups in total. The van der Waals surface area contributed by atoms with Crippen LogP contribution in [0.5, 0.6) is 5.75 Å². The molecule has 6 heteroatoms. The third-order valence-corrected chi connectivity index (χ3v) is 4.97. The highest BCUT2D eigenvalue weighted by atomic mass is 79.9. The third kappa shape index (κ3) is 5.02. The van der Waals surface area contributed by atoms with Crippen LogP contribution in [0.4, 0.5) is 0 Å². The average molecular weight is 405 g/mol. The van der Waals surface area contributed by atoms with Gasteiger partial charge in [-0.15, -0.1) is 0 Å². The van der Waals surface area contributed by atoms with Crippen molar-refractivity contribution in [2.24, 2.45) is 0 Å². The van der Waals surface area contributed by atoms with Crippen LogP contribution < -0.4 is 10.1 Å². The molecule has 0 aliphatic rings. The van der Waals surface area contributed by atoms with E-state index < -0.39 is 0 Å². The number of ether oxygens (including phenoxy) is 1. The predicted molar refractivity (Wildman–Crippen MR) is 100 cm³/mol. The van der Waals surface area contributed by atoms with Gasteiger partial charge in [0, 0.05) is 23.6 Å². The minimum absolute atomic E-state index is 0.114. The SMILES string of the molecule is COc1ccc(C(=O)NCCSCc2ccccc2C#N)cc1Br. The number of rotatable bonds is 7. The molecular formula is C18H17BrN2O2S. The largest absolute Gasteiger partial charge is 0.496 e. The molecule has 4 nitrogen and oxygen atoms in total.